The first-order valence-corrected chi connectivity index (χ1v) is 13.9. The number of carbonyl (C=O) groups is 2. The van der Waals surface area contributed by atoms with Gasteiger partial charge in [0, 0.05) is 49.2 Å². The number of pyridine rings is 1. The highest BCUT2D eigenvalue weighted by atomic mass is 79.9. The molecule has 0 spiro atoms. The fourth-order valence-electron chi connectivity index (χ4n) is 4.49. The van der Waals surface area contributed by atoms with E-state index in [0.717, 1.165) is 19.1 Å². The van der Waals surface area contributed by atoms with Crippen LogP contribution in [0, 0.1) is 0 Å². The van der Waals surface area contributed by atoms with Crippen molar-refractivity contribution in [3.8, 4) is 11.5 Å². The Bertz CT molecular complexity index is 1510. The first-order chi connectivity index (χ1) is 20.4. The second-order valence-corrected chi connectivity index (χ2v) is 11.1. The summed E-state index contributed by atoms with van der Waals surface area (Å²) >= 11 is 3.14. The van der Waals surface area contributed by atoms with Gasteiger partial charge in [0.15, 0.2) is 5.75 Å². The van der Waals surface area contributed by atoms with E-state index in [0.29, 0.717) is 26.3 Å². The van der Waals surface area contributed by atoms with Crippen LogP contribution in [0.1, 0.15) is 54.0 Å². The Morgan fingerprint density at radius 2 is 1.59 bits per heavy atom. The Kier molecular flexibility index (Phi) is 10.2. The fourth-order valence-corrected chi connectivity index (χ4v) is 5.04. The van der Waals surface area contributed by atoms with Gasteiger partial charge in [-0.1, -0.05) is 6.07 Å². The fraction of sp³-hybridized carbons (Fsp3) is 0.367. The number of carbonyl (C=O) groups excluding carboxylic acids is 2. The summed E-state index contributed by atoms with van der Waals surface area (Å²) in [6.07, 6.45) is 1.07. The predicted octanol–water partition coefficient (Wildman–Crippen LogP) is 6.59. The molecule has 0 aliphatic carbocycles. The van der Waals surface area contributed by atoms with Crippen molar-refractivity contribution in [2.24, 2.45) is 0 Å². The molecule has 2 aromatic carbocycles. The monoisotopic (exact) mass is 688 g/mol. The lowest BCUT2D eigenvalue weighted by Crippen LogP contribution is -2.53. The molecule has 0 radical (unpaired) electrons. The molecule has 0 saturated heterocycles. The number of methoxy groups -OCH3 is 1. The van der Waals surface area contributed by atoms with Gasteiger partial charge in [0.25, 0.3) is 23.7 Å². The minimum atomic E-state index is -3.92. The number of rotatable bonds is 11. The smallest absolute Gasteiger partial charge is 0.260 e. The molecule has 3 rings (SSSR count). The predicted molar refractivity (Wildman–Crippen MR) is 157 cm³/mol. The molecule has 0 saturated carbocycles. The summed E-state index contributed by atoms with van der Waals surface area (Å²) in [6, 6.07) is 9.35. The average Bonchev–Trinajstić information content (AvgIpc) is 2.95. The van der Waals surface area contributed by atoms with Gasteiger partial charge in [-0.3, -0.25) is 14.4 Å². The Balaban J connectivity index is 2.07. The lowest BCUT2D eigenvalue weighted by atomic mass is 9.72. The minimum Gasteiger partial charge on any atom is -0.494 e. The van der Waals surface area contributed by atoms with Crippen LogP contribution in [0.2, 0.25) is 0 Å². The standard InChI is InChI=1S/C30H31BrF5N3O5/c1-17(32)44-23-16-19(28(2,29(3,33)34)30(4,35)36)15-21(31)24(23)37-26(40)20-9-8-10-22(25(20)42-6)38(5)27(41)18-11-13-39(43-7)14-12-18/h8-17H,1-7H3/p+1. The number of halogens is 6. The molecule has 1 atom stereocenters. The van der Waals surface area contributed by atoms with E-state index in [4.69, 9.17) is 14.3 Å². The molecule has 1 heterocycles. The second kappa shape index (κ2) is 13.0. The third-order valence-corrected chi connectivity index (χ3v) is 7.91. The largest absolute Gasteiger partial charge is 0.494 e. The molecular weight excluding hydrogens is 657 g/mol. The minimum absolute atomic E-state index is 0.00151. The third-order valence-electron chi connectivity index (χ3n) is 7.28. The van der Waals surface area contributed by atoms with Gasteiger partial charge in [0.2, 0.25) is 18.8 Å². The number of anilines is 2. The number of para-hydroxylation sites is 1. The van der Waals surface area contributed by atoms with Crippen LogP contribution in [-0.2, 0) is 5.41 Å². The van der Waals surface area contributed by atoms with Gasteiger partial charge >= 0.3 is 0 Å². The molecule has 2 amide bonds. The lowest BCUT2D eigenvalue weighted by molar-refractivity contribution is -0.885. The Hall–Kier alpha value is -3.94. The molecule has 238 valence electrons. The van der Waals surface area contributed by atoms with E-state index in [-0.39, 0.29) is 27.2 Å². The SMILES string of the molecule is COc1c(C(=O)Nc2c(Br)cc(C(C)(C(C)(F)F)C(C)(F)F)cc2OC(C)F)cccc1N(C)C(=O)c1cc[n+](OC)cc1. The maximum absolute atomic E-state index is 14.7. The molecule has 14 heteroatoms. The number of benzene rings is 2. The van der Waals surface area contributed by atoms with Crippen LogP contribution in [0.3, 0.4) is 0 Å². The summed E-state index contributed by atoms with van der Waals surface area (Å²) in [4.78, 5) is 33.0. The number of hydrogen-bond acceptors (Lipinski definition) is 5. The van der Waals surface area contributed by atoms with Crippen molar-refractivity contribution in [3.05, 3.63) is 76.0 Å². The van der Waals surface area contributed by atoms with Crippen LogP contribution in [0.5, 0.6) is 11.5 Å². The van der Waals surface area contributed by atoms with E-state index in [1.807, 2.05) is 0 Å². The molecule has 0 fully saturated rings. The van der Waals surface area contributed by atoms with Crippen molar-refractivity contribution in [3.63, 3.8) is 0 Å². The van der Waals surface area contributed by atoms with Crippen LogP contribution >= 0.6 is 15.9 Å². The quantitative estimate of drug-likeness (QED) is 0.182. The maximum Gasteiger partial charge on any atom is 0.260 e. The maximum atomic E-state index is 14.7. The molecular formula is C30H32BrF5N3O5+. The van der Waals surface area contributed by atoms with Gasteiger partial charge in [0.1, 0.15) is 18.3 Å². The van der Waals surface area contributed by atoms with Crippen LogP contribution in [0.15, 0.2) is 59.3 Å². The van der Waals surface area contributed by atoms with Crippen molar-refractivity contribution >= 4 is 39.1 Å². The first kappa shape index (κ1) is 34.5. The van der Waals surface area contributed by atoms with Crippen molar-refractivity contribution in [1.82, 2.24) is 0 Å². The number of aromatic nitrogens is 1. The zero-order valence-electron chi connectivity index (χ0n) is 25.0. The third kappa shape index (κ3) is 6.74. The van der Waals surface area contributed by atoms with Crippen LogP contribution < -0.4 is 29.3 Å². The number of nitrogens with zero attached hydrogens (tertiary/aromatic N) is 2. The zero-order chi connectivity index (χ0) is 33.2. The summed E-state index contributed by atoms with van der Waals surface area (Å²) in [6.45, 7) is 2.41. The Morgan fingerprint density at radius 3 is 2.09 bits per heavy atom. The highest BCUT2D eigenvalue weighted by Gasteiger charge is 2.61. The van der Waals surface area contributed by atoms with Crippen molar-refractivity contribution in [2.75, 3.05) is 31.5 Å². The van der Waals surface area contributed by atoms with Crippen LogP contribution in [-0.4, -0.2) is 51.3 Å². The van der Waals surface area contributed by atoms with Crippen LogP contribution in [0.25, 0.3) is 0 Å². The molecule has 0 bridgehead atoms. The van der Waals surface area contributed by atoms with E-state index >= 15 is 0 Å². The number of ether oxygens (including phenoxy) is 2. The van der Waals surface area contributed by atoms with Crippen molar-refractivity contribution in [1.29, 1.82) is 0 Å². The molecule has 0 aliphatic heterocycles. The Labute approximate surface area is 259 Å². The summed E-state index contributed by atoms with van der Waals surface area (Å²) in [5, 5.41) is 2.52. The van der Waals surface area contributed by atoms with Gasteiger partial charge in [-0.05, 0) is 52.7 Å². The molecule has 3 aromatic rings. The number of hydrogen-bond donors (Lipinski definition) is 1. The highest BCUT2D eigenvalue weighted by Crippen LogP contribution is 2.52. The van der Waals surface area contributed by atoms with Gasteiger partial charge < -0.3 is 19.7 Å². The summed E-state index contributed by atoms with van der Waals surface area (Å²) in [5.41, 5.74) is -3.32. The summed E-state index contributed by atoms with van der Waals surface area (Å²) in [5.74, 6) is -9.57. The number of alkyl halides is 5. The van der Waals surface area contributed by atoms with E-state index in [1.54, 1.807) is 6.07 Å². The Morgan fingerprint density at radius 1 is 1.00 bits per heavy atom. The molecule has 44 heavy (non-hydrogen) atoms. The van der Waals surface area contributed by atoms with Gasteiger partial charge in [-0.2, -0.15) is 0 Å². The van der Waals surface area contributed by atoms with E-state index < -0.39 is 46.7 Å². The van der Waals surface area contributed by atoms with Crippen molar-refractivity contribution < 1.29 is 50.6 Å². The van der Waals surface area contributed by atoms with E-state index in [9.17, 15) is 31.5 Å². The lowest BCUT2D eigenvalue weighted by Gasteiger charge is -2.40. The number of nitrogens with one attached hydrogen (secondary N) is 1. The molecule has 1 unspecified atom stereocenters. The van der Waals surface area contributed by atoms with Gasteiger partial charge in [-0.25, -0.2) is 22.0 Å². The van der Waals surface area contributed by atoms with Crippen LogP contribution in [0.4, 0.5) is 33.3 Å². The second-order valence-electron chi connectivity index (χ2n) is 10.2. The molecule has 0 aliphatic rings. The van der Waals surface area contributed by atoms with E-state index in [1.165, 1.54) is 67.6 Å². The molecule has 8 nitrogen and oxygen atoms in total. The number of amides is 2. The first-order valence-electron chi connectivity index (χ1n) is 13.1. The molecule has 1 aromatic heterocycles. The average molecular weight is 689 g/mol. The van der Waals surface area contributed by atoms with Crippen molar-refractivity contribution in [2.45, 2.75) is 51.3 Å². The normalized spacial score (nSPS) is 12.8. The van der Waals surface area contributed by atoms with E-state index in [2.05, 4.69) is 21.2 Å². The topological polar surface area (TPSA) is 81.0 Å². The van der Waals surface area contributed by atoms with Gasteiger partial charge in [0.05, 0.1) is 29.6 Å². The molecule has 1 N–H and O–H groups in total. The summed E-state index contributed by atoms with van der Waals surface area (Å²) < 4.78 is 84.6. The zero-order valence-corrected chi connectivity index (χ0v) is 26.6. The van der Waals surface area contributed by atoms with Gasteiger partial charge in [-0.15, -0.1) is 0 Å². The highest BCUT2D eigenvalue weighted by molar-refractivity contribution is 9.10. The summed E-state index contributed by atoms with van der Waals surface area (Å²) in [7, 11) is 4.23.